The number of nitrogens with two attached hydrogens (primary N) is 1. The maximum Gasteiger partial charge on any atom is 0.0210 e. The van der Waals surface area contributed by atoms with Crippen LogP contribution in [0.15, 0.2) is 28.7 Å². The Labute approximate surface area is 94.8 Å². The van der Waals surface area contributed by atoms with E-state index >= 15 is 0 Å². The summed E-state index contributed by atoms with van der Waals surface area (Å²) < 4.78 is 1.21. The van der Waals surface area contributed by atoms with E-state index in [1.807, 2.05) is 6.07 Å². The molecule has 2 N–H and O–H groups in total. The van der Waals surface area contributed by atoms with Crippen LogP contribution in [-0.2, 0) is 0 Å². The third-order valence-electron chi connectivity index (χ3n) is 2.49. The molecule has 1 nitrogen and oxygen atoms in total. The fourth-order valence-corrected chi connectivity index (χ4v) is 2.22. The Hall–Kier alpha value is -0.340. The van der Waals surface area contributed by atoms with Crippen molar-refractivity contribution in [3.63, 3.8) is 0 Å². The van der Waals surface area contributed by atoms with Crippen LogP contribution in [0.5, 0.6) is 0 Å². The van der Waals surface area contributed by atoms with Crippen molar-refractivity contribution < 1.29 is 0 Å². The van der Waals surface area contributed by atoms with E-state index in [0.29, 0.717) is 12.0 Å². The van der Waals surface area contributed by atoms with Crippen molar-refractivity contribution in [3.8, 4) is 0 Å². The summed E-state index contributed by atoms with van der Waals surface area (Å²) in [7, 11) is 0. The van der Waals surface area contributed by atoms with E-state index in [1.54, 1.807) is 0 Å². The second kappa shape index (κ2) is 5.52. The molecular formula is C12H18BrN. The van der Waals surface area contributed by atoms with Gasteiger partial charge in [-0.25, -0.2) is 0 Å². The zero-order chi connectivity index (χ0) is 10.6. The largest absolute Gasteiger partial charge is 0.328 e. The van der Waals surface area contributed by atoms with E-state index in [4.69, 9.17) is 5.73 Å². The van der Waals surface area contributed by atoms with Crippen LogP contribution in [0.4, 0.5) is 0 Å². The van der Waals surface area contributed by atoms with Gasteiger partial charge < -0.3 is 5.73 Å². The first-order valence-electron chi connectivity index (χ1n) is 5.11. The monoisotopic (exact) mass is 255 g/mol. The summed E-state index contributed by atoms with van der Waals surface area (Å²) in [5, 5.41) is 0. The minimum Gasteiger partial charge on any atom is -0.328 e. The Balaban J connectivity index is 2.60. The molecule has 0 fully saturated rings. The van der Waals surface area contributed by atoms with Crippen molar-refractivity contribution >= 4 is 15.9 Å². The molecule has 1 aromatic rings. The molecule has 0 bridgehead atoms. The lowest BCUT2D eigenvalue weighted by Gasteiger charge is -2.14. The Morgan fingerprint density at radius 1 is 1.21 bits per heavy atom. The summed E-state index contributed by atoms with van der Waals surface area (Å²) >= 11 is 3.57. The lowest BCUT2D eigenvalue weighted by molar-refractivity contribution is 0.568. The predicted molar refractivity (Wildman–Crippen MR) is 65.4 cm³/mol. The maximum absolute atomic E-state index is 5.75. The SMILES string of the molecule is CC(N)CCC(C)c1ccccc1Br. The predicted octanol–water partition coefficient (Wildman–Crippen LogP) is 3.68. The fraction of sp³-hybridized carbons (Fsp3) is 0.500. The molecule has 2 unspecified atom stereocenters. The van der Waals surface area contributed by atoms with Gasteiger partial charge in [0.25, 0.3) is 0 Å². The van der Waals surface area contributed by atoms with E-state index in [1.165, 1.54) is 10.0 Å². The van der Waals surface area contributed by atoms with Crippen LogP contribution in [0.1, 0.15) is 38.2 Å². The Bertz CT molecular complexity index is 283. The topological polar surface area (TPSA) is 26.0 Å². The van der Waals surface area contributed by atoms with Crippen molar-refractivity contribution in [2.24, 2.45) is 5.73 Å². The number of hydrogen-bond donors (Lipinski definition) is 1. The summed E-state index contributed by atoms with van der Waals surface area (Å²) in [6, 6.07) is 8.71. The summed E-state index contributed by atoms with van der Waals surface area (Å²) in [6.07, 6.45) is 2.24. The van der Waals surface area contributed by atoms with Gasteiger partial charge in [0.05, 0.1) is 0 Å². The normalized spacial score (nSPS) is 15.1. The van der Waals surface area contributed by atoms with Crippen molar-refractivity contribution in [3.05, 3.63) is 34.3 Å². The first-order chi connectivity index (χ1) is 6.61. The van der Waals surface area contributed by atoms with Crippen molar-refractivity contribution in [2.45, 2.75) is 38.6 Å². The minimum absolute atomic E-state index is 0.305. The van der Waals surface area contributed by atoms with Crippen molar-refractivity contribution in [2.75, 3.05) is 0 Å². The van der Waals surface area contributed by atoms with Crippen LogP contribution < -0.4 is 5.73 Å². The van der Waals surface area contributed by atoms with E-state index in [9.17, 15) is 0 Å². The molecule has 0 spiro atoms. The summed E-state index contributed by atoms with van der Waals surface area (Å²) in [5.41, 5.74) is 7.13. The van der Waals surface area contributed by atoms with E-state index in [0.717, 1.165) is 12.8 Å². The van der Waals surface area contributed by atoms with Gasteiger partial charge >= 0.3 is 0 Å². The molecule has 0 heterocycles. The lowest BCUT2D eigenvalue weighted by Crippen LogP contribution is -2.15. The minimum atomic E-state index is 0.305. The van der Waals surface area contributed by atoms with E-state index in [-0.39, 0.29) is 0 Å². The zero-order valence-corrected chi connectivity index (χ0v) is 10.4. The van der Waals surface area contributed by atoms with Gasteiger partial charge in [0.15, 0.2) is 0 Å². The molecule has 0 saturated carbocycles. The molecule has 14 heavy (non-hydrogen) atoms. The second-order valence-electron chi connectivity index (χ2n) is 3.98. The Kier molecular flexibility index (Phi) is 4.63. The highest BCUT2D eigenvalue weighted by Gasteiger charge is 2.09. The molecule has 0 amide bonds. The highest BCUT2D eigenvalue weighted by atomic mass is 79.9. The van der Waals surface area contributed by atoms with Crippen molar-refractivity contribution in [1.29, 1.82) is 0 Å². The van der Waals surface area contributed by atoms with E-state index in [2.05, 4.69) is 48.0 Å². The fourth-order valence-electron chi connectivity index (χ4n) is 1.54. The highest BCUT2D eigenvalue weighted by Crippen LogP contribution is 2.27. The molecule has 0 radical (unpaired) electrons. The van der Waals surface area contributed by atoms with Crippen LogP contribution >= 0.6 is 15.9 Å². The second-order valence-corrected chi connectivity index (χ2v) is 4.83. The molecule has 0 aliphatic heterocycles. The standard InChI is InChI=1S/C12H18BrN/c1-9(7-8-10(2)14)11-5-3-4-6-12(11)13/h3-6,9-10H,7-8,14H2,1-2H3. The molecule has 2 atom stereocenters. The first kappa shape index (κ1) is 11.7. The Morgan fingerprint density at radius 2 is 1.86 bits per heavy atom. The van der Waals surface area contributed by atoms with Gasteiger partial charge in [-0.3, -0.25) is 0 Å². The molecule has 1 rings (SSSR count). The number of halogens is 1. The summed E-state index contributed by atoms with van der Waals surface area (Å²) in [5.74, 6) is 0.580. The van der Waals surface area contributed by atoms with Crippen LogP contribution in [0.3, 0.4) is 0 Å². The van der Waals surface area contributed by atoms with Gasteiger partial charge in [0.2, 0.25) is 0 Å². The molecule has 0 aliphatic carbocycles. The molecule has 1 aromatic carbocycles. The highest BCUT2D eigenvalue weighted by molar-refractivity contribution is 9.10. The van der Waals surface area contributed by atoms with Gasteiger partial charge in [-0.1, -0.05) is 41.1 Å². The van der Waals surface area contributed by atoms with Crippen LogP contribution in [0.25, 0.3) is 0 Å². The molecule has 78 valence electrons. The molecule has 0 saturated heterocycles. The molecular weight excluding hydrogens is 238 g/mol. The van der Waals surface area contributed by atoms with Crippen molar-refractivity contribution in [1.82, 2.24) is 0 Å². The van der Waals surface area contributed by atoms with Gasteiger partial charge in [-0.05, 0) is 37.3 Å². The van der Waals surface area contributed by atoms with Gasteiger partial charge in [0.1, 0.15) is 0 Å². The average molecular weight is 256 g/mol. The average Bonchev–Trinajstić information content (AvgIpc) is 2.15. The van der Waals surface area contributed by atoms with Gasteiger partial charge in [-0.2, -0.15) is 0 Å². The van der Waals surface area contributed by atoms with Crippen LogP contribution in [0.2, 0.25) is 0 Å². The molecule has 2 heteroatoms. The zero-order valence-electron chi connectivity index (χ0n) is 8.83. The Morgan fingerprint density at radius 3 is 2.43 bits per heavy atom. The van der Waals surface area contributed by atoms with Crippen LogP contribution in [-0.4, -0.2) is 6.04 Å². The lowest BCUT2D eigenvalue weighted by atomic mass is 9.95. The number of hydrogen-bond acceptors (Lipinski definition) is 1. The smallest absolute Gasteiger partial charge is 0.0210 e. The summed E-state index contributed by atoms with van der Waals surface area (Å²) in [6.45, 7) is 4.31. The quantitative estimate of drug-likeness (QED) is 0.873. The van der Waals surface area contributed by atoms with Crippen LogP contribution in [0, 0.1) is 0 Å². The van der Waals surface area contributed by atoms with E-state index < -0.39 is 0 Å². The summed E-state index contributed by atoms with van der Waals surface area (Å²) in [4.78, 5) is 0. The third kappa shape index (κ3) is 3.43. The molecule has 0 aliphatic rings. The van der Waals surface area contributed by atoms with Gasteiger partial charge in [0, 0.05) is 10.5 Å². The maximum atomic E-state index is 5.75. The number of rotatable bonds is 4. The molecule has 0 aromatic heterocycles. The third-order valence-corrected chi connectivity index (χ3v) is 3.21. The number of benzene rings is 1. The first-order valence-corrected chi connectivity index (χ1v) is 5.90. The van der Waals surface area contributed by atoms with Gasteiger partial charge in [-0.15, -0.1) is 0 Å².